The molecular formula is C24H39IN4O3. The normalized spacial score (nSPS) is 16.5. The van der Waals surface area contributed by atoms with E-state index in [-0.39, 0.29) is 42.5 Å². The molecule has 1 saturated heterocycles. The van der Waals surface area contributed by atoms with Crippen LogP contribution < -0.4 is 15.4 Å². The Morgan fingerprint density at radius 2 is 1.88 bits per heavy atom. The topological polar surface area (TPSA) is 75.2 Å². The number of carbonyl (C=O) groups excluding carboxylic acids is 1. The van der Waals surface area contributed by atoms with E-state index in [2.05, 4.69) is 15.6 Å². The predicted octanol–water partition coefficient (Wildman–Crippen LogP) is 4.28. The first-order valence-corrected chi connectivity index (χ1v) is 11.8. The molecule has 2 aliphatic rings. The van der Waals surface area contributed by atoms with Gasteiger partial charge >= 0.3 is 0 Å². The van der Waals surface area contributed by atoms with E-state index in [4.69, 9.17) is 9.47 Å². The van der Waals surface area contributed by atoms with Gasteiger partial charge in [0.05, 0.1) is 6.10 Å². The molecular weight excluding hydrogens is 519 g/mol. The molecule has 1 amide bonds. The largest absolute Gasteiger partial charge is 0.491 e. The van der Waals surface area contributed by atoms with E-state index in [1.165, 1.54) is 19.3 Å². The third kappa shape index (κ3) is 10.4. The molecule has 1 saturated carbocycles. The zero-order valence-electron chi connectivity index (χ0n) is 19.5. The average Bonchev–Trinajstić information content (AvgIpc) is 3.60. The minimum atomic E-state index is 0. The molecule has 1 aliphatic carbocycles. The number of hydrogen-bond acceptors (Lipinski definition) is 4. The Labute approximate surface area is 209 Å². The number of piperidine rings is 1. The van der Waals surface area contributed by atoms with Gasteiger partial charge in [-0.2, -0.15) is 0 Å². The number of nitrogens with zero attached hydrogens (tertiary/aromatic N) is 2. The third-order valence-corrected chi connectivity index (χ3v) is 5.38. The fourth-order valence-corrected chi connectivity index (χ4v) is 3.47. The van der Waals surface area contributed by atoms with Crippen LogP contribution in [0.25, 0.3) is 0 Å². The number of amides is 1. The molecule has 0 atom stereocenters. The average molecular weight is 559 g/mol. The van der Waals surface area contributed by atoms with Crippen LogP contribution in [0.5, 0.6) is 5.75 Å². The fraction of sp³-hybridized carbons (Fsp3) is 0.667. The number of ether oxygens (including phenoxy) is 2. The van der Waals surface area contributed by atoms with Crippen LogP contribution in [-0.4, -0.2) is 62.3 Å². The number of aliphatic imine (C=N–C) groups is 1. The highest BCUT2D eigenvalue weighted by Gasteiger charge is 2.20. The van der Waals surface area contributed by atoms with E-state index in [9.17, 15) is 4.79 Å². The van der Waals surface area contributed by atoms with Gasteiger partial charge in [-0.05, 0) is 82.6 Å². The van der Waals surface area contributed by atoms with Gasteiger partial charge in [-0.15, -0.1) is 24.0 Å². The Balaban J connectivity index is 0.00000363. The van der Waals surface area contributed by atoms with E-state index in [1.54, 1.807) is 0 Å². The van der Waals surface area contributed by atoms with Crippen LogP contribution in [0.1, 0.15) is 52.4 Å². The second-order valence-electron chi connectivity index (χ2n) is 8.72. The molecule has 180 valence electrons. The lowest BCUT2D eigenvalue weighted by atomic mass is 10.1. The lowest BCUT2D eigenvalue weighted by Gasteiger charge is -2.26. The summed E-state index contributed by atoms with van der Waals surface area (Å²) in [5.41, 5.74) is 0.901. The van der Waals surface area contributed by atoms with Crippen molar-refractivity contribution in [1.29, 1.82) is 0 Å². The summed E-state index contributed by atoms with van der Waals surface area (Å²) in [7, 11) is 0. The van der Waals surface area contributed by atoms with Crippen molar-refractivity contribution in [2.75, 3.05) is 44.7 Å². The van der Waals surface area contributed by atoms with Gasteiger partial charge in [0.1, 0.15) is 12.3 Å². The van der Waals surface area contributed by atoms with Crippen molar-refractivity contribution in [3.8, 4) is 5.75 Å². The van der Waals surface area contributed by atoms with Crippen LogP contribution in [0.2, 0.25) is 0 Å². The molecule has 32 heavy (non-hydrogen) atoms. The van der Waals surface area contributed by atoms with Gasteiger partial charge in [0.15, 0.2) is 5.96 Å². The highest BCUT2D eigenvalue weighted by atomic mass is 127. The lowest BCUT2D eigenvalue weighted by Crippen LogP contribution is -2.38. The van der Waals surface area contributed by atoms with Gasteiger partial charge < -0.3 is 25.0 Å². The highest BCUT2D eigenvalue weighted by molar-refractivity contribution is 14.0. The molecule has 0 spiro atoms. The number of anilines is 1. The number of rotatable bonds is 11. The van der Waals surface area contributed by atoms with Crippen LogP contribution in [0.15, 0.2) is 29.3 Å². The summed E-state index contributed by atoms with van der Waals surface area (Å²) in [6.07, 6.45) is 7.04. The first-order chi connectivity index (χ1) is 15.1. The summed E-state index contributed by atoms with van der Waals surface area (Å²) < 4.78 is 11.4. The number of carbonyl (C=O) groups is 1. The quantitative estimate of drug-likeness (QED) is 0.184. The second kappa shape index (κ2) is 14.6. The number of benzene rings is 1. The summed E-state index contributed by atoms with van der Waals surface area (Å²) in [6, 6.07) is 7.79. The van der Waals surface area contributed by atoms with Crippen molar-refractivity contribution in [3.63, 3.8) is 0 Å². The van der Waals surface area contributed by atoms with E-state index < -0.39 is 0 Å². The van der Waals surface area contributed by atoms with Gasteiger partial charge in [-0.3, -0.25) is 4.79 Å². The molecule has 1 aliphatic heterocycles. The van der Waals surface area contributed by atoms with Crippen LogP contribution in [0.4, 0.5) is 5.69 Å². The van der Waals surface area contributed by atoms with E-state index >= 15 is 0 Å². The minimum absolute atomic E-state index is 0. The van der Waals surface area contributed by atoms with Crippen molar-refractivity contribution in [2.45, 2.75) is 58.5 Å². The molecule has 0 aromatic heterocycles. The maximum Gasteiger partial charge on any atom is 0.244 e. The van der Waals surface area contributed by atoms with Crippen molar-refractivity contribution in [3.05, 3.63) is 24.3 Å². The number of nitrogens with one attached hydrogen (secondary N) is 2. The molecule has 0 bridgehead atoms. The second-order valence-corrected chi connectivity index (χ2v) is 8.72. The van der Waals surface area contributed by atoms with Gasteiger partial charge in [0.2, 0.25) is 5.91 Å². The summed E-state index contributed by atoms with van der Waals surface area (Å²) >= 11 is 0. The van der Waals surface area contributed by atoms with Crippen molar-refractivity contribution in [2.24, 2.45) is 10.9 Å². The molecule has 0 radical (unpaired) electrons. The van der Waals surface area contributed by atoms with E-state index in [1.807, 2.05) is 43.0 Å². The molecule has 3 rings (SSSR count). The van der Waals surface area contributed by atoms with Crippen molar-refractivity contribution >= 4 is 41.5 Å². The SMILES string of the molecule is CC(C)Oc1ccc(NC(=NCC(=O)N2CCCCC2)NCCCOCC2CC2)cc1.I. The van der Waals surface area contributed by atoms with Crippen molar-refractivity contribution < 1.29 is 14.3 Å². The van der Waals surface area contributed by atoms with Gasteiger partial charge in [0.25, 0.3) is 0 Å². The zero-order valence-corrected chi connectivity index (χ0v) is 21.8. The Morgan fingerprint density at radius 1 is 1.16 bits per heavy atom. The van der Waals surface area contributed by atoms with Crippen molar-refractivity contribution in [1.82, 2.24) is 10.2 Å². The maximum atomic E-state index is 12.5. The first kappa shape index (κ1) is 26.7. The fourth-order valence-electron chi connectivity index (χ4n) is 3.47. The van der Waals surface area contributed by atoms with E-state index in [0.717, 1.165) is 69.5 Å². The lowest BCUT2D eigenvalue weighted by molar-refractivity contribution is -0.130. The summed E-state index contributed by atoms with van der Waals surface area (Å²) in [6.45, 7) is 8.23. The summed E-state index contributed by atoms with van der Waals surface area (Å²) in [5, 5.41) is 6.64. The Bertz CT molecular complexity index is 702. The number of likely N-dealkylation sites (tertiary alicyclic amines) is 1. The molecule has 2 N–H and O–H groups in total. The van der Waals surface area contributed by atoms with E-state index in [0.29, 0.717) is 5.96 Å². The molecule has 1 heterocycles. The Hall–Kier alpha value is -1.55. The van der Waals surface area contributed by atoms with Crippen LogP contribution in [0.3, 0.4) is 0 Å². The molecule has 1 aromatic rings. The van der Waals surface area contributed by atoms with Gasteiger partial charge in [0, 0.05) is 38.5 Å². The minimum Gasteiger partial charge on any atom is -0.491 e. The number of hydrogen-bond donors (Lipinski definition) is 2. The third-order valence-electron chi connectivity index (χ3n) is 5.38. The predicted molar refractivity (Wildman–Crippen MR) is 140 cm³/mol. The maximum absolute atomic E-state index is 12.5. The summed E-state index contributed by atoms with van der Waals surface area (Å²) in [5.74, 6) is 2.33. The molecule has 1 aromatic carbocycles. The smallest absolute Gasteiger partial charge is 0.244 e. The monoisotopic (exact) mass is 558 g/mol. The van der Waals surface area contributed by atoms with Crippen LogP contribution in [0, 0.1) is 5.92 Å². The van der Waals surface area contributed by atoms with Crippen LogP contribution in [-0.2, 0) is 9.53 Å². The molecule has 8 heteroatoms. The Kier molecular flexibility index (Phi) is 12.2. The first-order valence-electron chi connectivity index (χ1n) is 11.8. The molecule has 2 fully saturated rings. The zero-order chi connectivity index (χ0) is 21.9. The number of guanidine groups is 1. The number of halogens is 1. The summed E-state index contributed by atoms with van der Waals surface area (Å²) in [4.78, 5) is 19.0. The standard InChI is InChI=1S/C24H38N4O3.HI/c1-19(2)31-22-11-9-21(10-12-22)27-24(25-13-6-16-30-18-20-7-8-20)26-17-23(29)28-14-4-3-5-15-28;/h9-12,19-20H,3-8,13-18H2,1-2H3,(H2,25,26,27);1H. The van der Waals surface area contributed by atoms with Crippen LogP contribution >= 0.6 is 24.0 Å². The van der Waals surface area contributed by atoms with Gasteiger partial charge in [-0.25, -0.2) is 4.99 Å². The van der Waals surface area contributed by atoms with Gasteiger partial charge in [-0.1, -0.05) is 0 Å². The highest BCUT2D eigenvalue weighted by Crippen LogP contribution is 2.28. The molecule has 7 nitrogen and oxygen atoms in total. The molecule has 0 unspecified atom stereocenters. The Morgan fingerprint density at radius 3 is 2.53 bits per heavy atom.